The fourth-order valence-corrected chi connectivity index (χ4v) is 3.21. The average Bonchev–Trinajstić information content (AvgIpc) is 3.09. The summed E-state index contributed by atoms with van der Waals surface area (Å²) in [5.41, 5.74) is 2.33. The standard InChI is InChI=1S/C22H21NO6/c1-14-16-4-2-3-5-17(16)29-21(14)22(25)28-13-20(24)23-9-8-15-6-7-18-19(12-15)27-11-10-26-18/h2-7,12H,8-11,13H2,1H3,(H,23,24). The van der Waals surface area contributed by atoms with E-state index in [1.165, 1.54) is 0 Å². The Labute approximate surface area is 167 Å². The molecule has 0 bridgehead atoms. The van der Waals surface area contributed by atoms with Crippen LogP contribution in [0.25, 0.3) is 11.0 Å². The summed E-state index contributed by atoms with van der Waals surface area (Å²) >= 11 is 0. The molecule has 7 nitrogen and oxygen atoms in total. The maximum Gasteiger partial charge on any atom is 0.375 e. The van der Waals surface area contributed by atoms with Gasteiger partial charge >= 0.3 is 5.97 Å². The molecule has 0 spiro atoms. The number of carbonyl (C=O) groups excluding carboxylic acids is 2. The molecule has 2 aromatic carbocycles. The van der Waals surface area contributed by atoms with E-state index in [1.54, 1.807) is 13.0 Å². The molecule has 0 saturated carbocycles. The Morgan fingerprint density at radius 3 is 2.69 bits per heavy atom. The molecule has 29 heavy (non-hydrogen) atoms. The molecule has 1 amide bonds. The van der Waals surface area contributed by atoms with Crippen molar-refractivity contribution in [2.45, 2.75) is 13.3 Å². The molecule has 0 aliphatic carbocycles. The number of ether oxygens (including phenoxy) is 3. The molecular formula is C22H21NO6. The first-order valence-corrected chi connectivity index (χ1v) is 9.42. The first kappa shape index (κ1) is 18.9. The molecule has 0 unspecified atom stereocenters. The van der Waals surface area contributed by atoms with Gasteiger partial charge in [-0.15, -0.1) is 0 Å². The van der Waals surface area contributed by atoms with E-state index in [0.29, 0.717) is 37.3 Å². The van der Waals surface area contributed by atoms with Crippen LogP contribution in [0.15, 0.2) is 46.9 Å². The summed E-state index contributed by atoms with van der Waals surface area (Å²) < 4.78 is 21.7. The lowest BCUT2D eigenvalue weighted by Gasteiger charge is -2.18. The minimum atomic E-state index is -0.652. The van der Waals surface area contributed by atoms with Crippen molar-refractivity contribution in [2.24, 2.45) is 0 Å². The largest absolute Gasteiger partial charge is 0.486 e. The van der Waals surface area contributed by atoms with Crippen LogP contribution < -0.4 is 14.8 Å². The maximum atomic E-state index is 12.2. The van der Waals surface area contributed by atoms with Crippen molar-refractivity contribution in [2.75, 3.05) is 26.4 Å². The minimum absolute atomic E-state index is 0.121. The van der Waals surface area contributed by atoms with Gasteiger partial charge in [0.05, 0.1) is 0 Å². The molecule has 1 aliphatic rings. The van der Waals surface area contributed by atoms with Crippen molar-refractivity contribution in [3.63, 3.8) is 0 Å². The number of furan rings is 1. The predicted octanol–water partition coefficient (Wildman–Crippen LogP) is 3.03. The third-order valence-corrected chi connectivity index (χ3v) is 4.71. The van der Waals surface area contributed by atoms with E-state index in [9.17, 15) is 9.59 Å². The second kappa shape index (κ2) is 8.26. The van der Waals surface area contributed by atoms with Crippen molar-refractivity contribution in [3.05, 3.63) is 59.4 Å². The highest BCUT2D eigenvalue weighted by Gasteiger charge is 2.19. The van der Waals surface area contributed by atoms with Crippen molar-refractivity contribution in [1.82, 2.24) is 5.32 Å². The van der Waals surface area contributed by atoms with E-state index >= 15 is 0 Å². The number of fused-ring (bicyclic) bond motifs is 2. The molecule has 1 aliphatic heterocycles. The molecule has 0 fully saturated rings. The Balaban J connectivity index is 1.25. The predicted molar refractivity (Wildman–Crippen MR) is 105 cm³/mol. The molecule has 0 atom stereocenters. The van der Waals surface area contributed by atoms with E-state index < -0.39 is 5.97 Å². The number of carbonyl (C=O) groups is 2. The Bertz CT molecular complexity index is 1050. The van der Waals surface area contributed by atoms with Gasteiger partial charge < -0.3 is 23.9 Å². The third kappa shape index (κ3) is 4.18. The first-order chi connectivity index (χ1) is 14.1. The summed E-state index contributed by atoms with van der Waals surface area (Å²) in [6.07, 6.45) is 0.624. The number of amides is 1. The van der Waals surface area contributed by atoms with Crippen LogP contribution in [-0.2, 0) is 16.0 Å². The second-order valence-corrected chi connectivity index (χ2v) is 6.71. The summed E-state index contributed by atoms with van der Waals surface area (Å²) in [7, 11) is 0. The van der Waals surface area contributed by atoms with Gasteiger partial charge in [-0.3, -0.25) is 4.79 Å². The van der Waals surface area contributed by atoms with E-state index in [2.05, 4.69) is 5.32 Å². The van der Waals surface area contributed by atoms with E-state index in [-0.39, 0.29) is 18.3 Å². The van der Waals surface area contributed by atoms with Crippen molar-refractivity contribution in [3.8, 4) is 11.5 Å². The van der Waals surface area contributed by atoms with Crippen LogP contribution in [0.5, 0.6) is 11.5 Å². The number of benzene rings is 2. The monoisotopic (exact) mass is 395 g/mol. The molecule has 0 saturated heterocycles. The molecule has 150 valence electrons. The molecule has 1 aromatic heterocycles. The Morgan fingerprint density at radius 1 is 1.07 bits per heavy atom. The normalized spacial score (nSPS) is 12.6. The molecule has 0 radical (unpaired) electrons. The minimum Gasteiger partial charge on any atom is -0.486 e. The van der Waals surface area contributed by atoms with E-state index in [1.807, 2.05) is 36.4 Å². The lowest BCUT2D eigenvalue weighted by Crippen LogP contribution is -2.30. The van der Waals surface area contributed by atoms with E-state index in [0.717, 1.165) is 22.4 Å². The number of hydrogen-bond donors (Lipinski definition) is 1. The van der Waals surface area contributed by atoms with Crippen LogP contribution in [0.1, 0.15) is 21.7 Å². The average molecular weight is 395 g/mol. The number of nitrogens with one attached hydrogen (secondary N) is 1. The molecular weight excluding hydrogens is 374 g/mol. The fourth-order valence-electron chi connectivity index (χ4n) is 3.21. The zero-order valence-corrected chi connectivity index (χ0v) is 16.0. The van der Waals surface area contributed by atoms with Gasteiger partial charge in [0.1, 0.15) is 18.8 Å². The Hall–Kier alpha value is -3.48. The summed E-state index contributed by atoms with van der Waals surface area (Å²) in [4.78, 5) is 24.2. The third-order valence-electron chi connectivity index (χ3n) is 4.71. The summed E-state index contributed by atoms with van der Waals surface area (Å²) in [5.74, 6) is 0.549. The molecule has 7 heteroatoms. The van der Waals surface area contributed by atoms with Gasteiger partial charge in [0.2, 0.25) is 5.76 Å². The van der Waals surface area contributed by atoms with Gasteiger partial charge in [0.15, 0.2) is 18.1 Å². The highest BCUT2D eigenvalue weighted by molar-refractivity contribution is 5.96. The maximum absolute atomic E-state index is 12.2. The number of hydrogen-bond acceptors (Lipinski definition) is 6. The van der Waals surface area contributed by atoms with Crippen LogP contribution >= 0.6 is 0 Å². The van der Waals surface area contributed by atoms with E-state index in [4.69, 9.17) is 18.6 Å². The first-order valence-electron chi connectivity index (χ1n) is 9.42. The van der Waals surface area contributed by atoms with Crippen LogP contribution in [0.2, 0.25) is 0 Å². The van der Waals surface area contributed by atoms with Gasteiger partial charge in [0.25, 0.3) is 5.91 Å². The van der Waals surface area contributed by atoms with Crippen molar-refractivity contribution in [1.29, 1.82) is 0 Å². The highest BCUT2D eigenvalue weighted by Crippen LogP contribution is 2.30. The molecule has 1 N–H and O–H groups in total. The summed E-state index contributed by atoms with van der Waals surface area (Å²) in [6, 6.07) is 13.1. The zero-order valence-electron chi connectivity index (χ0n) is 16.0. The van der Waals surface area contributed by atoms with Crippen LogP contribution in [0.4, 0.5) is 0 Å². The SMILES string of the molecule is Cc1c(C(=O)OCC(=O)NCCc2ccc3c(c2)OCCO3)oc2ccccc12. The lowest BCUT2D eigenvalue weighted by molar-refractivity contribution is -0.124. The Kier molecular flexibility index (Phi) is 5.37. The highest BCUT2D eigenvalue weighted by atomic mass is 16.6. The van der Waals surface area contributed by atoms with Crippen molar-refractivity contribution >= 4 is 22.8 Å². The summed E-state index contributed by atoms with van der Waals surface area (Å²) in [5, 5.41) is 3.59. The second-order valence-electron chi connectivity index (χ2n) is 6.71. The number of esters is 1. The zero-order chi connectivity index (χ0) is 20.2. The fraction of sp³-hybridized carbons (Fsp3) is 0.273. The summed E-state index contributed by atoms with van der Waals surface area (Å²) in [6.45, 7) is 2.92. The molecule has 4 rings (SSSR count). The molecule has 2 heterocycles. The van der Waals surface area contributed by atoms with Gasteiger partial charge in [-0.1, -0.05) is 24.3 Å². The molecule has 3 aromatic rings. The van der Waals surface area contributed by atoms with Crippen LogP contribution in [0.3, 0.4) is 0 Å². The number of aryl methyl sites for hydroxylation is 1. The van der Waals surface area contributed by atoms with Gasteiger partial charge in [-0.05, 0) is 37.1 Å². The lowest BCUT2D eigenvalue weighted by atomic mass is 10.1. The van der Waals surface area contributed by atoms with Gasteiger partial charge in [-0.25, -0.2) is 4.79 Å². The van der Waals surface area contributed by atoms with Gasteiger partial charge in [0, 0.05) is 17.5 Å². The Morgan fingerprint density at radius 2 is 1.86 bits per heavy atom. The van der Waals surface area contributed by atoms with Crippen LogP contribution in [-0.4, -0.2) is 38.2 Å². The smallest absolute Gasteiger partial charge is 0.375 e. The van der Waals surface area contributed by atoms with Gasteiger partial charge in [-0.2, -0.15) is 0 Å². The van der Waals surface area contributed by atoms with Crippen molar-refractivity contribution < 1.29 is 28.2 Å². The number of para-hydroxylation sites is 1. The topological polar surface area (TPSA) is 87.0 Å². The number of rotatable bonds is 6. The quantitative estimate of drug-likeness (QED) is 0.646. The van der Waals surface area contributed by atoms with Crippen LogP contribution in [0, 0.1) is 6.92 Å².